The third-order valence-corrected chi connectivity index (χ3v) is 5.21. The van der Waals surface area contributed by atoms with Crippen molar-refractivity contribution in [2.75, 3.05) is 33.4 Å². The van der Waals surface area contributed by atoms with E-state index in [0.717, 1.165) is 11.8 Å². The zero-order valence-corrected chi connectivity index (χ0v) is 18.7. The summed E-state index contributed by atoms with van der Waals surface area (Å²) in [7, 11) is -2.25. The van der Waals surface area contributed by atoms with Crippen LogP contribution in [0.5, 0.6) is 0 Å². The van der Waals surface area contributed by atoms with Gasteiger partial charge in [-0.05, 0) is 18.4 Å². The van der Waals surface area contributed by atoms with Crippen molar-refractivity contribution < 1.29 is 41.1 Å². The summed E-state index contributed by atoms with van der Waals surface area (Å²) in [6.45, 7) is 0.980. The van der Waals surface area contributed by atoms with Crippen LogP contribution in [0.2, 0.25) is 0 Å². The fourth-order valence-electron chi connectivity index (χ4n) is 3.33. The molecule has 3 atom stereocenters. The molecule has 0 aliphatic carbocycles. The normalized spacial score (nSPS) is 21.5. The molecule has 0 aromatic heterocycles. The third-order valence-electron chi connectivity index (χ3n) is 4.65. The van der Waals surface area contributed by atoms with Gasteiger partial charge in [-0.2, -0.15) is 8.42 Å². The van der Waals surface area contributed by atoms with E-state index < -0.39 is 34.3 Å². The molecule has 10 nitrogen and oxygen atoms in total. The largest absolute Gasteiger partial charge is 0.464 e. The van der Waals surface area contributed by atoms with Gasteiger partial charge < -0.3 is 18.9 Å². The van der Waals surface area contributed by atoms with Crippen LogP contribution in [-0.4, -0.2) is 76.9 Å². The van der Waals surface area contributed by atoms with E-state index >= 15 is 0 Å². The van der Waals surface area contributed by atoms with Crippen LogP contribution >= 0.6 is 0 Å². The van der Waals surface area contributed by atoms with Crippen LogP contribution in [-0.2, 0) is 44.7 Å². The molecule has 174 valence electrons. The van der Waals surface area contributed by atoms with Crippen LogP contribution < -0.4 is 0 Å². The number of ether oxygens (including phenoxy) is 4. The molecule has 1 heterocycles. The Morgan fingerprint density at radius 2 is 1.71 bits per heavy atom. The number of likely N-dealkylation sites (tertiary alicyclic amines) is 1. The number of esters is 1. The van der Waals surface area contributed by atoms with E-state index in [-0.39, 0.29) is 32.7 Å². The Balaban J connectivity index is 2.20. The molecule has 1 aromatic carbocycles. The second-order valence-corrected chi connectivity index (χ2v) is 8.86. The summed E-state index contributed by atoms with van der Waals surface area (Å²) >= 11 is 0. The highest BCUT2D eigenvalue weighted by atomic mass is 32.2. The predicted octanol–water partition coefficient (Wildman–Crippen LogP) is 1.68. The minimum absolute atomic E-state index is 0.0308. The summed E-state index contributed by atoms with van der Waals surface area (Å²) in [6, 6.07) is 7.88. The number of carbonyl (C=O) groups excluding carboxylic acids is 2. The molecule has 1 aliphatic heterocycles. The lowest BCUT2D eigenvalue weighted by molar-refractivity contribution is -0.147. The zero-order chi connectivity index (χ0) is 22.9. The molecule has 1 fully saturated rings. The van der Waals surface area contributed by atoms with Gasteiger partial charge in [0.2, 0.25) is 0 Å². The van der Waals surface area contributed by atoms with Gasteiger partial charge in [0.05, 0.1) is 31.1 Å². The Morgan fingerprint density at radius 3 is 2.29 bits per heavy atom. The maximum Gasteiger partial charge on any atom is 0.410 e. The number of piperidine rings is 1. The number of hydrogen-bond donors (Lipinski definition) is 0. The molecule has 0 radical (unpaired) electrons. The standard InChI is InChI=1S/C20H29NO9S/c1-15(22)27-12-17-9-19(29-14-26-2)10-18(13-30-31(3,24)25)21(17)20(23)28-11-16-7-5-4-6-8-16/h4-8,17-19H,9-14H2,1-3H3/t17-,18+,19-/m1/s1. The molecule has 0 unspecified atom stereocenters. The summed E-state index contributed by atoms with van der Waals surface area (Å²) in [5.74, 6) is -0.499. The summed E-state index contributed by atoms with van der Waals surface area (Å²) < 4.78 is 49.2. The first-order valence-electron chi connectivity index (χ1n) is 9.77. The minimum Gasteiger partial charge on any atom is -0.464 e. The van der Waals surface area contributed by atoms with Crippen LogP contribution in [0.25, 0.3) is 0 Å². The molecule has 0 N–H and O–H groups in total. The Hall–Kier alpha value is -2.21. The Labute approximate surface area is 182 Å². The molecule has 0 spiro atoms. The summed E-state index contributed by atoms with van der Waals surface area (Å²) in [6.07, 6.45) is 0.575. The van der Waals surface area contributed by atoms with Gasteiger partial charge in [0, 0.05) is 14.0 Å². The van der Waals surface area contributed by atoms with Crippen molar-refractivity contribution in [1.29, 1.82) is 0 Å². The molecular formula is C20H29NO9S. The fourth-order valence-corrected chi connectivity index (χ4v) is 3.74. The van der Waals surface area contributed by atoms with Crippen LogP contribution in [0, 0.1) is 0 Å². The van der Waals surface area contributed by atoms with E-state index in [1.54, 1.807) is 0 Å². The average Bonchev–Trinajstić information content (AvgIpc) is 2.73. The Morgan fingerprint density at radius 1 is 1.06 bits per heavy atom. The quantitative estimate of drug-likeness (QED) is 0.292. The zero-order valence-electron chi connectivity index (χ0n) is 17.9. The van der Waals surface area contributed by atoms with Crippen molar-refractivity contribution in [3.63, 3.8) is 0 Å². The number of hydrogen-bond acceptors (Lipinski definition) is 9. The van der Waals surface area contributed by atoms with Crippen LogP contribution in [0.15, 0.2) is 30.3 Å². The van der Waals surface area contributed by atoms with Gasteiger partial charge in [-0.3, -0.25) is 13.9 Å². The first-order valence-corrected chi connectivity index (χ1v) is 11.6. The maximum atomic E-state index is 13.0. The molecule has 1 amide bonds. The summed E-state index contributed by atoms with van der Waals surface area (Å²) in [4.78, 5) is 25.7. The highest BCUT2D eigenvalue weighted by Gasteiger charge is 2.41. The van der Waals surface area contributed by atoms with Crippen LogP contribution in [0.3, 0.4) is 0 Å². The highest BCUT2D eigenvalue weighted by molar-refractivity contribution is 7.85. The van der Waals surface area contributed by atoms with Gasteiger partial charge in [-0.15, -0.1) is 0 Å². The maximum absolute atomic E-state index is 13.0. The average molecular weight is 460 g/mol. The van der Waals surface area contributed by atoms with E-state index in [9.17, 15) is 18.0 Å². The smallest absolute Gasteiger partial charge is 0.410 e. The molecule has 0 saturated carbocycles. The third kappa shape index (κ3) is 8.82. The van der Waals surface area contributed by atoms with Crippen molar-refractivity contribution in [1.82, 2.24) is 4.90 Å². The number of nitrogens with zero attached hydrogens (tertiary/aromatic N) is 1. The van der Waals surface area contributed by atoms with Gasteiger partial charge in [-0.25, -0.2) is 4.79 Å². The van der Waals surface area contributed by atoms with Crippen LogP contribution in [0.1, 0.15) is 25.3 Å². The van der Waals surface area contributed by atoms with Gasteiger partial charge >= 0.3 is 12.1 Å². The highest BCUT2D eigenvalue weighted by Crippen LogP contribution is 2.28. The van der Waals surface area contributed by atoms with E-state index in [4.69, 9.17) is 23.1 Å². The number of rotatable bonds is 10. The number of methoxy groups -OCH3 is 1. The van der Waals surface area contributed by atoms with E-state index in [1.165, 1.54) is 18.9 Å². The van der Waals surface area contributed by atoms with Crippen molar-refractivity contribution >= 4 is 22.2 Å². The van der Waals surface area contributed by atoms with Crippen molar-refractivity contribution in [2.24, 2.45) is 0 Å². The number of amides is 1. The van der Waals surface area contributed by atoms with Crippen molar-refractivity contribution in [3.05, 3.63) is 35.9 Å². The molecule has 1 aliphatic rings. The molecule has 1 saturated heterocycles. The van der Waals surface area contributed by atoms with E-state index in [2.05, 4.69) is 0 Å². The van der Waals surface area contributed by atoms with E-state index in [0.29, 0.717) is 12.8 Å². The Kier molecular flexibility index (Phi) is 9.69. The summed E-state index contributed by atoms with van der Waals surface area (Å²) in [5.41, 5.74) is 0.801. The topological polar surface area (TPSA) is 118 Å². The molecular weight excluding hydrogens is 430 g/mol. The van der Waals surface area contributed by atoms with Gasteiger partial charge in [0.1, 0.15) is 20.0 Å². The minimum atomic E-state index is -3.74. The number of benzene rings is 1. The van der Waals surface area contributed by atoms with Gasteiger partial charge in [-0.1, -0.05) is 30.3 Å². The first kappa shape index (κ1) is 25.1. The first-order chi connectivity index (χ1) is 14.7. The molecule has 0 bridgehead atoms. The molecule has 11 heteroatoms. The van der Waals surface area contributed by atoms with Crippen molar-refractivity contribution in [2.45, 2.75) is 44.6 Å². The lowest BCUT2D eigenvalue weighted by Gasteiger charge is -2.43. The monoisotopic (exact) mass is 459 g/mol. The van der Waals surface area contributed by atoms with Gasteiger partial charge in [0.25, 0.3) is 10.1 Å². The number of carbonyl (C=O) groups is 2. The molecule has 2 rings (SSSR count). The van der Waals surface area contributed by atoms with E-state index in [1.807, 2.05) is 30.3 Å². The predicted molar refractivity (Wildman–Crippen MR) is 109 cm³/mol. The second kappa shape index (κ2) is 12.0. The lowest BCUT2D eigenvalue weighted by atomic mass is 9.94. The molecule has 31 heavy (non-hydrogen) atoms. The SMILES string of the molecule is COCO[C@H]1C[C@@H](COS(C)(=O)=O)N(C(=O)OCc2ccccc2)[C@@H](COC(C)=O)C1. The lowest BCUT2D eigenvalue weighted by Crippen LogP contribution is -2.57. The molecule has 1 aromatic rings. The van der Waals surface area contributed by atoms with Crippen molar-refractivity contribution in [3.8, 4) is 0 Å². The fraction of sp³-hybridized carbons (Fsp3) is 0.600. The Bertz CT molecular complexity index is 815. The van der Waals surface area contributed by atoms with Gasteiger partial charge in [0.15, 0.2) is 0 Å². The summed E-state index contributed by atoms with van der Waals surface area (Å²) in [5, 5.41) is 0. The second-order valence-electron chi connectivity index (χ2n) is 7.21. The van der Waals surface area contributed by atoms with Crippen LogP contribution in [0.4, 0.5) is 4.79 Å².